The van der Waals surface area contributed by atoms with Crippen LogP contribution in [-0.4, -0.2) is 19.7 Å². The number of hydrogen-bond acceptors (Lipinski definition) is 6. The highest BCUT2D eigenvalue weighted by Gasteiger charge is 2.36. The summed E-state index contributed by atoms with van der Waals surface area (Å²) in [5.74, 6) is -0.453. The van der Waals surface area contributed by atoms with Crippen molar-refractivity contribution in [2.24, 2.45) is 16.8 Å². The van der Waals surface area contributed by atoms with Gasteiger partial charge in [-0.2, -0.15) is 0 Å². The number of halogens is 1. The summed E-state index contributed by atoms with van der Waals surface area (Å²) in [6, 6.07) is -0.00935. The molecule has 1 aromatic heterocycles. The molecule has 0 aromatic carbocycles. The second-order valence-corrected chi connectivity index (χ2v) is 6.34. The zero-order chi connectivity index (χ0) is 14.3. The number of fused-ring (bicyclic) bond motifs is 1. The molecule has 106 valence electrons. The van der Waals surface area contributed by atoms with Gasteiger partial charge in [0.2, 0.25) is 0 Å². The van der Waals surface area contributed by atoms with E-state index >= 15 is 0 Å². The minimum absolute atomic E-state index is 0.00935. The topological polar surface area (TPSA) is 104 Å². The normalized spacial score (nSPS) is 28.9. The molecule has 1 saturated carbocycles. The number of carbonyl (C=O) groups is 1. The van der Waals surface area contributed by atoms with Gasteiger partial charge in [0.1, 0.15) is 15.9 Å². The molecule has 1 atom stereocenters. The van der Waals surface area contributed by atoms with E-state index in [1.807, 2.05) is 0 Å². The lowest BCUT2D eigenvalue weighted by molar-refractivity contribution is -0.312. The van der Waals surface area contributed by atoms with E-state index < -0.39 is 5.97 Å². The molecule has 1 aliphatic carbocycles. The molecule has 1 fully saturated rings. The fraction of sp³-hybridized carbons (Fsp3) is 0.538. The van der Waals surface area contributed by atoms with Crippen molar-refractivity contribution in [3.05, 3.63) is 17.6 Å². The largest absolute Gasteiger partial charge is 0.550 e. The lowest BCUT2D eigenvalue weighted by Gasteiger charge is -2.31. The molecule has 0 amide bonds. The molecule has 2 aliphatic rings. The highest BCUT2D eigenvalue weighted by Crippen LogP contribution is 2.43. The average molecular weight is 385 g/mol. The number of nitrogens with zero attached hydrogens (tertiary/aromatic N) is 3. The van der Waals surface area contributed by atoms with Gasteiger partial charge < -0.3 is 15.6 Å². The van der Waals surface area contributed by atoms with Gasteiger partial charge >= 0.3 is 0 Å². The van der Waals surface area contributed by atoms with Crippen molar-refractivity contribution in [2.45, 2.75) is 31.7 Å². The van der Waals surface area contributed by atoms with Gasteiger partial charge in [-0.15, -0.1) is 0 Å². The first-order chi connectivity index (χ1) is 9.58. The van der Waals surface area contributed by atoms with Crippen LogP contribution in [0.2, 0.25) is 0 Å². The number of anilines is 1. The van der Waals surface area contributed by atoms with Crippen LogP contribution >= 0.6 is 22.6 Å². The van der Waals surface area contributed by atoms with Gasteiger partial charge in [-0.3, -0.25) is 4.99 Å². The quantitative estimate of drug-likeness (QED) is 0.761. The van der Waals surface area contributed by atoms with E-state index in [9.17, 15) is 9.90 Å². The third-order valence-electron chi connectivity index (χ3n) is 4.20. The van der Waals surface area contributed by atoms with Crippen molar-refractivity contribution >= 4 is 38.1 Å². The number of carboxylic acid groups (broad SMARTS) is 1. The number of nitrogen functional groups attached to an aromatic ring is 1. The molecule has 0 radical (unpaired) electrons. The fourth-order valence-corrected chi connectivity index (χ4v) is 3.95. The number of rotatable bonds is 2. The van der Waals surface area contributed by atoms with Gasteiger partial charge in [0.25, 0.3) is 0 Å². The summed E-state index contributed by atoms with van der Waals surface area (Å²) in [6.45, 7) is 0. The first-order valence-corrected chi connectivity index (χ1v) is 7.70. The van der Waals surface area contributed by atoms with Gasteiger partial charge in [-0.1, -0.05) is 0 Å². The SMILES string of the molecule is Nc1ncnc2c1C(I)=NC2C1CCC(C(=O)[O-])CC1. The molecule has 0 saturated heterocycles. The second-order valence-electron chi connectivity index (χ2n) is 5.31. The van der Waals surface area contributed by atoms with Gasteiger partial charge in [0.15, 0.2) is 0 Å². The number of aromatic nitrogens is 2. The third kappa shape index (κ3) is 2.27. The van der Waals surface area contributed by atoms with E-state index in [4.69, 9.17) is 5.73 Å². The molecule has 6 nitrogen and oxygen atoms in total. The zero-order valence-corrected chi connectivity index (χ0v) is 12.9. The number of carbonyl (C=O) groups excluding carboxylic acids is 1. The number of carboxylic acids is 1. The predicted molar refractivity (Wildman–Crippen MR) is 80.2 cm³/mol. The van der Waals surface area contributed by atoms with Crippen LogP contribution in [0.25, 0.3) is 0 Å². The Morgan fingerprint density at radius 1 is 1.30 bits per heavy atom. The minimum Gasteiger partial charge on any atom is -0.550 e. The van der Waals surface area contributed by atoms with E-state index in [1.54, 1.807) is 0 Å². The third-order valence-corrected chi connectivity index (χ3v) is 5.01. The highest BCUT2D eigenvalue weighted by atomic mass is 127. The minimum atomic E-state index is -0.931. The van der Waals surface area contributed by atoms with E-state index in [1.165, 1.54) is 6.33 Å². The van der Waals surface area contributed by atoms with Gasteiger partial charge in [0.05, 0.1) is 17.3 Å². The van der Waals surface area contributed by atoms with E-state index in [0.29, 0.717) is 24.6 Å². The van der Waals surface area contributed by atoms with Crippen LogP contribution in [0.3, 0.4) is 0 Å². The van der Waals surface area contributed by atoms with Crippen LogP contribution in [-0.2, 0) is 4.79 Å². The molecule has 0 bridgehead atoms. The van der Waals surface area contributed by atoms with E-state index in [0.717, 1.165) is 27.8 Å². The maximum Gasteiger partial charge on any atom is 0.137 e. The van der Waals surface area contributed by atoms with Crippen LogP contribution in [0.4, 0.5) is 5.82 Å². The molecule has 1 aliphatic heterocycles. The molecular weight excluding hydrogens is 371 g/mol. The van der Waals surface area contributed by atoms with Crippen molar-refractivity contribution < 1.29 is 9.90 Å². The summed E-state index contributed by atoms with van der Waals surface area (Å²) in [6.07, 6.45) is 4.45. The maximum absolute atomic E-state index is 10.9. The van der Waals surface area contributed by atoms with E-state index in [-0.39, 0.29) is 12.0 Å². The Morgan fingerprint density at radius 3 is 2.65 bits per heavy atom. The summed E-state index contributed by atoms with van der Waals surface area (Å²) in [4.78, 5) is 23.9. The van der Waals surface area contributed by atoms with Crippen molar-refractivity contribution in [3.8, 4) is 0 Å². The monoisotopic (exact) mass is 385 g/mol. The fourth-order valence-electron chi connectivity index (χ4n) is 3.10. The van der Waals surface area contributed by atoms with Crippen molar-refractivity contribution in [3.63, 3.8) is 0 Å². The zero-order valence-electron chi connectivity index (χ0n) is 10.8. The Bertz CT molecular complexity index is 582. The predicted octanol–water partition coefficient (Wildman–Crippen LogP) is 0.851. The Hall–Kier alpha value is -1.25. The van der Waals surface area contributed by atoms with E-state index in [2.05, 4.69) is 37.6 Å². The number of hydrogen-bond donors (Lipinski definition) is 1. The smallest absolute Gasteiger partial charge is 0.137 e. The molecule has 0 spiro atoms. The number of aliphatic imine (C=N–C) groups is 1. The lowest BCUT2D eigenvalue weighted by Crippen LogP contribution is -2.34. The van der Waals surface area contributed by atoms with Crippen LogP contribution in [0.5, 0.6) is 0 Å². The first kappa shape index (κ1) is 13.7. The molecule has 1 aromatic rings. The van der Waals surface area contributed by atoms with Gasteiger partial charge in [-0.25, -0.2) is 9.97 Å². The average Bonchev–Trinajstić information content (AvgIpc) is 2.77. The molecule has 2 N–H and O–H groups in total. The standard InChI is InChI=1S/C13H15IN4O2/c14-11-8-10(16-5-17-12(8)15)9(18-11)6-1-3-7(4-2-6)13(19)20/h5-7,9H,1-4H2,(H,19,20)(H2,15,16,17)/p-1. The summed E-state index contributed by atoms with van der Waals surface area (Å²) >= 11 is 2.16. The van der Waals surface area contributed by atoms with Crippen LogP contribution in [0, 0.1) is 11.8 Å². The summed E-state index contributed by atoms with van der Waals surface area (Å²) in [5, 5.41) is 10.9. The molecule has 3 rings (SSSR count). The van der Waals surface area contributed by atoms with Crippen molar-refractivity contribution in [2.75, 3.05) is 5.73 Å². The molecular formula is C13H14IN4O2-. The first-order valence-electron chi connectivity index (χ1n) is 6.62. The van der Waals surface area contributed by atoms with Crippen molar-refractivity contribution in [1.29, 1.82) is 0 Å². The van der Waals surface area contributed by atoms with Crippen LogP contribution < -0.4 is 10.8 Å². The molecule has 7 heteroatoms. The highest BCUT2D eigenvalue weighted by molar-refractivity contribution is 14.1. The maximum atomic E-state index is 10.9. The van der Waals surface area contributed by atoms with Crippen LogP contribution in [0.15, 0.2) is 11.3 Å². The van der Waals surface area contributed by atoms with Crippen molar-refractivity contribution in [1.82, 2.24) is 9.97 Å². The Kier molecular flexibility index (Phi) is 3.61. The number of nitrogens with two attached hydrogens (primary N) is 1. The number of aliphatic carboxylic acids is 1. The second kappa shape index (κ2) is 5.27. The molecule has 2 heterocycles. The lowest BCUT2D eigenvalue weighted by atomic mass is 9.78. The summed E-state index contributed by atoms with van der Waals surface area (Å²) in [5.41, 5.74) is 7.63. The Labute approximate surface area is 130 Å². The Morgan fingerprint density at radius 2 is 2.00 bits per heavy atom. The Balaban J connectivity index is 1.81. The summed E-state index contributed by atoms with van der Waals surface area (Å²) < 4.78 is 0.850. The van der Waals surface area contributed by atoms with Crippen LogP contribution in [0.1, 0.15) is 43.0 Å². The molecule has 20 heavy (non-hydrogen) atoms. The van der Waals surface area contributed by atoms with Gasteiger partial charge in [-0.05, 0) is 60.1 Å². The summed E-state index contributed by atoms with van der Waals surface area (Å²) in [7, 11) is 0. The van der Waals surface area contributed by atoms with Gasteiger partial charge in [0, 0.05) is 5.97 Å². The molecule has 1 unspecified atom stereocenters.